The van der Waals surface area contributed by atoms with Gasteiger partial charge in [-0.25, -0.2) is 4.98 Å². The molecule has 0 saturated heterocycles. The highest BCUT2D eigenvalue weighted by Crippen LogP contribution is 2.29. The third-order valence-corrected chi connectivity index (χ3v) is 4.12. The van der Waals surface area contributed by atoms with E-state index < -0.39 is 0 Å². The third-order valence-electron chi connectivity index (χ3n) is 4.12. The zero-order valence-corrected chi connectivity index (χ0v) is 13.8. The van der Waals surface area contributed by atoms with Crippen LogP contribution < -0.4 is 4.74 Å². The minimum Gasteiger partial charge on any atom is -0.497 e. The Balaban J connectivity index is 1.59. The van der Waals surface area contributed by atoms with E-state index in [-0.39, 0.29) is 0 Å². The average Bonchev–Trinajstić information content (AvgIpc) is 3.19. The van der Waals surface area contributed by atoms with Crippen molar-refractivity contribution in [3.63, 3.8) is 0 Å². The maximum atomic E-state index is 5.92. The standard InChI is InChI=1S/C22H17NO2/c1-24-20-13-11-19(12-14-20)22-23-15-21(25-22)18-9-7-17(8-10-18)16-5-3-2-4-6-16/h2-15H,1H3. The first-order valence-electron chi connectivity index (χ1n) is 8.09. The highest BCUT2D eigenvalue weighted by atomic mass is 16.5. The van der Waals surface area contributed by atoms with Crippen molar-refractivity contribution in [2.45, 2.75) is 0 Å². The minimum absolute atomic E-state index is 0.602. The summed E-state index contributed by atoms with van der Waals surface area (Å²) in [7, 11) is 1.65. The predicted octanol–water partition coefficient (Wildman–Crippen LogP) is 5.68. The Morgan fingerprint density at radius 3 is 1.96 bits per heavy atom. The lowest BCUT2D eigenvalue weighted by Gasteiger charge is -2.03. The lowest BCUT2D eigenvalue weighted by Crippen LogP contribution is -1.82. The first-order chi connectivity index (χ1) is 12.3. The first-order valence-corrected chi connectivity index (χ1v) is 8.09. The van der Waals surface area contributed by atoms with Crippen LogP contribution in [0.25, 0.3) is 33.9 Å². The fraction of sp³-hybridized carbons (Fsp3) is 0.0455. The van der Waals surface area contributed by atoms with Crippen molar-refractivity contribution in [1.29, 1.82) is 0 Å². The highest BCUT2D eigenvalue weighted by Gasteiger charge is 2.09. The Morgan fingerprint density at radius 1 is 0.680 bits per heavy atom. The number of methoxy groups -OCH3 is 1. The molecule has 0 unspecified atom stereocenters. The largest absolute Gasteiger partial charge is 0.497 e. The Hall–Kier alpha value is -3.33. The van der Waals surface area contributed by atoms with E-state index in [1.165, 1.54) is 11.1 Å². The molecule has 0 radical (unpaired) electrons. The van der Waals surface area contributed by atoms with Crippen LogP contribution in [0.1, 0.15) is 0 Å². The summed E-state index contributed by atoms with van der Waals surface area (Å²) in [6.07, 6.45) is 1.76. The molecule has 0 saturated carbocycles. The lowest BCUT2D eigenvalue weighted by molar-refractivity contribution is 0.415. The summed E-state index contributed by atoms with van der Waals surface area (Å²) in [5.74, 6) is 2.17. The molecule has 122 valence electrons. The molecule has 4 aromatic rings. The van der Waals surface area contributed by atoms with E-state index >= 15 is 0 Å². The molecule has 0 aliphatic heterocycles. The quantitative estimate of drug-likeness (QED) is 0.483. The molecule has 4 rings (SSSR count). The Morgan fingerprint density at radius 2 is 1.28 bits per heavy atom. The van der Waals surface area contributed by atoms with Gasteiger partial charge in [-0.15, -0.1) is 0 Å². The van der Waals surface area contributed by atoms with Crippen LogP contribution in [0.15, 0.2) is 89.5 Å². The number of benzene rings is 3. The zero-order valence-electron chi connectivity index (χ0n) is 13.8. The van der Waals surface area contributed by atoms with Gasteiger partial charge in [0.1, 0.15) is 5.75 Å². The molecule has 25 heavy (non-hydrogen) atoms. The highest BCUT2D eigenvalue weighted by molar-refractivity contribution is 5.68. The van der Waals surface area contributed by atoms with E-state index in [2.05, 4.69) is 41.4 Å². The van der Waals surface area contributed by atoms with Crippen LogP contribution in [0.4, 0.5) is 0 Å². The molecule has 3 heteroatoms. The topological polar surface area (TPSA) is 35.3 Å². The zero-order chi connectivity index (χ0) is 17.1. The van der Waals surface area contributed by atoms with Crippen molar-refractivity contribution in [2.24, 2.45) is 0 Å². The number of nitrogens with zero attached hydrogens (tertiary/aromatic N) is 1. The molecule has 3 nitrogen and oxygen atoms in total. The number of ether oxygens (including phenoxy) is 1. The summed E-state index contributed by atoms with van der Waals surface area (Å²) in [5.41, 5.74) is 4.31. The number of hydrogen-bond donors (Lipinski definition) is 0. The van der Waals surface area contributed by atoms with Crippen LogP contribution in [-0.2, 0) is 0 Å². The fourth-order valence-corrected chi connectivity index (χ4v) is 2.73. The van der Waals surface area contributed by atoms with Crippen molar-refractivity contribution in [2.75, 3.05) is 7.11 Å². The first kappa shape index (κ1) is 15.2. The molecule has 0 aliphatic carbocycles. The van der Waals surface area contributed by atoms with Crippen LogP contribution >= 0.6 is 0 Å². The third kappa shape index (κ3) is 3.17. The van der Waals surface area contributed by atoms with E-state index in [0.29, 0.717) is 5.89 Å². The number of hydrogen-bond acceptors (Lipinski definition) is 3. The Kier molecular flexibility index (Phi) is 4.05. The monoisotopic (exact) mass is 327 g/mol. The molecule has 0 amide bonds. The molecule has 1 heterocycles. The molecule has 0 fully saturated rings. The average molecular weight is 327 g/mol. The molecule has 0 atom stereocenters. The van der Waals surface area contributed by atoms with Gasteiger partial charge in [-0.1, -0.05) is 54.6 Å². The number of rotatable bonds is 4. The predicted molar refractivity (Wildman–Crippen MR) is 99.4 cm³/mol. The summed E-state index contributed by atoms with van der Waals surface area (Å²) >= 11 is 0. The molecule has 3 aromatic carbocycles. The SMILES string of the molecule is COc1ccc(-c2ncc(-c3ccc(-c4ccccc4)cc3)o2)cc1. The van der Waals surface area contributed by atoms with Crippen LogP contribution in [0.3, 0.4) is 0 Å². The number of oxazole rings is 1. The summed E-state index contributed by atoms with van der Waals surface area (Å²) in [6.45, 7) is 0. The normalized spacial score (nSPS) is 10.6. The van der Waals surface area contributed by atoms with Crippen LogP contribution in [0.2, 0.25) is 0 Å². The summed E-state index contributed by atoms with van der Waals surface area (Å²) in [4.78, 5) is 4.39. The lowest BCUT2D eigenvalue weighted by atomic mass is 10.0. The second kappa shape index (κ2) is 6.65. The molecule has 0 bridgehead atoms. The van der Waals surface area contributed by atoms with Gasteiger partial charge in [-0.05, 0) is 35.4 Å². The molecular weight excluding hydrogens is 310 g/mol. The van der Waals surface area contributed by atoms with Crippen molar-refractivity contribution in [3.8, 4) is 39.7 Å². The van der Waals surface area contributed by atoms with Crippen molar-refractivity contribution in [1.82, 2.24) is 4.98 Å². The van der Waals surface area contributed by atoms with E-state index in [4.69, 9.17) is 9.15 Å². The maximum Gasteiger partial charge on any atom is 0.226 e. The van der Waals surface area contributed by atoms with Gasteiger partial charge in [0.2, 0.25) is 5.89 Å². The van der Waals surface area contributed by atoms with Gasteiger partial charge in [0.05, 0.1) is 13.3 Å². The van der Waals surface area contributed by atoms with E-state index in [9.17, 15) is 0 Å². The van der Waals surface area contributed by atoms with Gasteiger partial charge in [0.25, 0.3) is 0 Å². The van der Waals surface area contributed by atoms with Gasteiger partial charge >= 0.3 is 0 Å². The van der Waals surface area contributed by atoms with Gasteiger partial charge in [-0.3, -0.25) is 0 Å². The number of aromatic nitrogens is 1. The molecule has 0 spiro atoms. The second-order valence-electron chi connectivity index (χ2n) is 5.70. The van der Waals surface area contributed by atoms with Gasteiger partial charge in [0, 0.05) is 11.1 Å². The fourth-order valence-electron chi connectivity index (χ4n) is 2.73. The van der Waals surface area contributed by atoms with E-state index in [1.54, 1.807) is 13.3 Å². The van der Waals surface area contributed by atoms with Crippen molar-refractivity contribution < 1.29 is 9.15 Å². The smallest absolute Gasteiger partial charge is 0.226 e. The Labute approximate surface area is 146 Å². The second-order valence-corrected chi connectivity index (χ2v) is 5.70. The molecule has 1 aromatic heterocycles. The Bertz CT molecular complexity index is 955. The molecular formula is C22H17NO2. The maximum absolute atomic E-state index is 5.92. The summed E-state index contributed by atoms with van der Waals surface area (Å²) < 4.78 is 11.1. The summed E-state index contributed by atoms with van der Waals surface area (Å²) in [6, 6.07) is 26.3. The van der Waals surface area contributed by atoms with Crippen molar-refractivity contribution >= 4 is 0 Å². The molecule has 0 aliphatic rings. The van der Waals surface area contributed by atoms with Gasteiger partial charge < -0.3 is 9.15 Å². The van der Waals surface area contributed by atoms with Crippen LogP contribution in [0, 0.1) is 0 Å². The van der Waals surface area contributed by atoms with Crippen LogP contribution in [0.5, 0.6) is 5.75 Å². The van der Waals surface area contributed by atoms with Gasteiger partial charge in [0.15, 0.2) is 5.76 Å². The van der Waals surface area contributed by atoms with Gasteiger partial charge in [-0.2, -0.15) is 0 Å². The molecule has 0 N–H and O–H groups in total. The van der Waals surface area contributed by atoms with E-state index in [0.717, 1.165) is 22.6 Å². The minimum atomic E-state index is 0.602. The summed E-state index contributed by atoms with van der Waals surface area (Å²) in [5, 5.41) is 0. The van der Waals surface area contributed by atoms with Crippen LogP contribution in [-0.4, -0.2) is 12.1 Å². The van der Waals surface area contributed by atoms with E-state index in [1.807, 2.05) is 42.5 Å². The van der Waals surface area contributed by atoms with Crippen molar-refractivity contribution in [3.05, 3.63) is 85.1 Å².